The number of nitrogens with one attached hydrogen (secondary N) is 1. The van der Waals surface area contributed by atoms with E-state index in [4.69, 9.17) is 4.42 Å². The smallest absolute Gasteiger partial charge is 0.397 e. The van der Waals surface area contributed by atoms with Gasteiger partial charge in [-0.15, -0.1) is 10.2 Å². The van der Waals surface area contributed by atoms with Crippen LogP contribution >= 0.6 is 0 Å². The molecular formula is C14H16F3N3O. The first kappa shape index (κ1) is 15.5. The molecule has 21 heavy (non-hydrogen) atoms. The van der Waals surface area contributed by atoms with Crippen LogP contribution in [-0.2, 0) is 6.42 Å². The van der Waals surface area contributed by atoms with E-state index in [0.29, 0.717) is 6.54 Å². The molecule has 0 fully saturated rings. The van der Waals surface area contributed by atoms with Crippen molar-refractivity contribution in [2.75, 3.05) is 6.54 Å². The van der Waals surface area contributed by atoms with Crippen LogP contribution in [-0.4, -0.2) is 22.9 Å². The predicted octanol–water partition coefficient (Wildman–Crippen LogP) is 3.26. The van der Waals surface area contributed by atoms with E-state index in [1.54, 1.807) is 0 Å². The van der Waals surface area contributed by atoms with Crippen molar-refractivity contribution in [2.24, 2.45) is 0 Å². The first-order valence-corrected chi connectivity index (χ1v) is 6.67. The first-order valence-electron chi connectivity index (χ1n) is 6.67. The molecule has 0 aliphatic rings. The van der Waals surface area contributed by atoms with Gasteiger partial charge in [-0.2, -0.15) is 13.2 Å². The normalized spacial score (nSPS) is 13.3. The first-order chi connectivity index (χ1) is 9.99. The molecular weight excluding hydrogens is 283 g/mol. The Hall–Kier alpha value is -1.89. The highest BCUT2D eigenvalue weighted by Crippen LogP contribution is 2.24. The zero-order valence-corrected chi connectivity index (χ0v) is 11.5. The van der Waals surface area contributed by atoms with Crippen LogP contribution in [0.25, 0.3) is 0 Å². The number of rotatable bonds is 6. The van der Waals surface area contributed by atoms with Crippen molar-refractivity contribution in [1.82, 2.24) is 15.5 Å². The molecule has 1 heterocycles. The van der Waals surface area contributed by atoms with Crippen molar-refractivity contribution in [2.45, 2.75) is 32.0 Å². The molecule has 1 unspecified atom stereocenters. The third-order valence-electron chi connectivity index (χ3n) is 2.81. The Morgan fingerprint density at radius 1 is 1.19 bits per heavy atom. The van der Waals surface area contributed by atoms with Crippen molar-refractivity contribution in [3.63, 3.8) is 0 Å². The molecule has 1 atom stereocenters. The largest absolute Gasteiger partial charge is 0.423 e. The van der Waals surface area contributed by atoms with Crippen LogP contribution in [0, 0.1) is 0 Å². The van der Waals surface area contributed by atoms with Crippen molar-refractivity contribution >= 4 is 0 Å². The maximum absolute atomic E-state index is 12.3. The molecule has 2 aromatic rings. The fourth-order valence-electron chi connectivity index (χ4n) is 1.91. The highest BCUT2D eigenvalue weighted by atomic mass is 19.4. The standard InChI is InChI=1S/C14H16F3N3O/c1-2-8-18-12(10-6-4-3-5-7-10)13-20-19-11(21-13)9-14(15,16)17/h3-7,12,18H,2,8-9H2,1H3. The number of nitrogens with zero attached hydrogens (tertiary/aromatic N) is 2. The van der Waals surface area contributed by atoms with E-state index >= 15 is 0 Å². The number of aromatic nitrogens is 2. The molecule has 7 heteroatoms. The summed E-state index contributed by atoms with van der Waals surface area (Å²) in [5, 5.41) is 10.4. The lowest BCUT2D eigenvalue weighted by molar-refractivity contribution is -0.131. The van der Waals surface area contributed by atoms with Gasteiger partial charge in [0.1, 0.15) is 12.5 Å². The zero-order chi connectivity index (χ0) is 15.3. The van der Waals surface area contributed by atoms with Crippen molar-refractivity contribution in [3.05, 3.63) is 47.7 Å². The topological polar surface area (TPSA) is 51.0 Å². The third-order valence-corrected chi connectivity index (χ3v) is 2.81. The Morgan fingerprint density at radius 2 is 1.90 bits per heavy atom. The van der Waals surface area contributed by atoms with Crippen LogP contribution in [0.4, 0.5) is 13.2 Å². The molecule has 1 N–H and O–H groups in total. The molecule has 0 saturated heterocycles. The molecule has 0 aliphatic heterocycles. The lowest BCUT2D eigenvalue weighted by Crippen LogP contribution is -2.23. The van der Waals surface area contributed by atoms with Crippen LogP contribution in [0.3, 0.4) is 0 Å². The zero-order valence-electron chi connectivity index (χ0n) is 11.5. The van der Waals surface area contributed by atoms with Gasteiger partial charge in [-0.25, -0.2) is 0 Å². The highest BCUT2D eigenvalue weighted by Gasteiger charge is 2.31. The van der Waals surface area contributed by atoms with E-state index in [2.05, 4.69) is 15.5 Å². The summed E-state index contributed by atoms with van der Waals surface area (Å²) in [6.45, 7) is 2.69. The summed E-state index contributed by atoms with van der Waals surface area (Å²) < 4.78 is 42.2. The number of hydrogen-bond acceptors (Lipinski definition) is 4. The number of hydrogen-bond donors (Lipinski definition) is 1. The second kappa shape index (κ2) is 6.71. The second-order valence-electron chi connectivity index (χ2n) is 4.62. The van der Waals surface area contributed by atoms with Crippen LogP contribution < -0.4 is 5.32 Å². The summed E-state index contributed by atoms with van der Waals surface area (Å²) in [6, 6.07) is 8.89. The number of alkyl halides is 3. The Morgan fingerprint density at radius 3 is 2.52 bits per heavy atom. The van der Waals surface area contributed by atoms with Crippen molar-refractivity contribution < 1.29 is 17.6 Å². The maximum Gasteiger partial charge on any atom is 0.397 e. The van der Waals surface area contributed by atoms with Gasteiger partial charge in [0.05, 0.1) is 0 Å². The molecule has 0 spiro atoms. The van der Waals surface area contributed by atoms with Crippen molar-refractivity contribution in [3.8, 4) is 0 Å². The van der Waals surface area contributed by atoms with Crippen LogP contribution in [0.2, 0.25) is 0 Å². The molecule has 0 bridgehead atoms. The van der Waals surface area contributed by atoms with E-state index in [1.165, 1.54) is 0 Å². The van der Waals surface area contributed by atoms with E-state index in [9.17, 15) is 13.2 Å². The van der Waals surface area contributed by atoms with E-state index < -0.39 is 24.5 Å². The van der Waals surface area contributed by atoms with Crippen molar-refractivity contribution in [1.29, 1.82) is 0 Å². The fraction of sp³-hybridized carbons (Fsp3) is 0.429. The molecule has 0 amide bonds. The molecule has 1 aromatic heterocycles. The Labute approximate surface area is 120 Å². The molecule has 1 aromatic carbocycles. The van der Waals surface area contributed by atoms with Gasteiger partial charge < -0.3 is 9.73 Å². The summed E-state index contributed by atoms with van der Waals surface area (Å²) in [5.41, 5.74) is 0.869. The van der Waals surface area contributed by atoms with Gasteiger partial charge in [0.2, 0.25) is 11.8 Å². The third kappa shape index (κ3) is 4.56. The van der Waals surface area contributed by atoms with Gasteiger partial charge >= 0.3 is 6.18 Å². The van der Waals surface area contributed by atoms with Crippen LogP contribution in [0.15, 0.2) is 34.7 Å². The summed E-state index contributed by atoms with van der Waals surface area (Å²) in [5.74, 6) is -0.273. The molecule has 4 nitrogen and oxygen atoms in total. The van der Waals surface area contributed by atoms with Gasteiger partial charge in [0.25, 0.3) is 0 Å². The van der Waals surface area contributed by atoms with E-state index in [1.807, 2.05) is 37.3 Å². The summed E-state index contributed by atoms with van der Waals surface area (Å²) in [4.78, 5) is 0. The second-order valence-corrected chi connectivity index (χ2v) is 4.62. The molecule has 114 valence electrons. The fourth-order valence-corrected chi connectivity index (χ4v) is 1.91. The maximum atomic E-state index is 12.3. The molecule has 0 aliphatic carbocycles. The minimum absolute atomic E-state index is 0.147. The highest BCUT2D eigenvalue weighted by molar-refractivity contribution is 5.23. The minimum atomic E-state index is -4.36. The van der Waals surface area contributed by atoms with Crippen LogP contribution in [0.5, 0.6) is 0 Å². The van der Waals surface area contributed by atoms with Gasteiger partial charge in [-0.3, -0.25) is 0 Å². The lowest BCUT2D eigenvalue weighted by Gasteiger charge is -2.14. The van der Waals surface area contributed by atoms with E-state index in [0.717, 1.165) is 12.0 Å². The predicted molar refractivity (Wildman–Crippen MR) is 70.6 cm³/mol. The lowest BCUT2D eigenvalue weighted by atomic mass is 10.1. The average molecular weight is 299 g/mol. The van der Waals surface area contributed by atoms with Gasteiger partial charge in [0, 0.05) is 0 Å². The van der Waals surface area contributed by atoms with Gasteiger partial charge in [-0.1, -0.05) is 37.3 Å². The molecule has 2 rings (SSSR count). The molecule has 0 radical (unpaired) electrons. The Bertz CT molecular complexity index is 554. The van der Waals surface area contributed by atoms with Crippen LogP contribution in [0.1, 0.15) is 36.7 Å². The van der Waals surface area contributed by atoms with E-state index in [-0.39, 0.29) is 5.89 Å². The minimum Gasteiger partial charge on any atom is -0.423 e. The quantitative estimate of drug-likeness (QED) is 0.889. The summed E-state index contributed by atoms with van der Waals surface area (Å²) in [7, 11) is 0. The number of halogens is 3. The van der Waals surface area contributed by atoms with Gasteiger partial charge in [-0.05, 0) is 18.5 Å². The summed E-state index contributed by atoms with van der Waals surface area (Å²) >= 11 is 0. The summed E-state index contributed by atoms with van der Waals surface area (Å²) in [6.07, 6.45) is -4.69. The Balaban J connectivity index is 2.21. The van der Waals surface area contributed by atoms with Gasteiger partial charge in [0.15, 0.2) is 0 Å². The molecule has 0 saturated carbocycles. The Kier molecular flexibility index (Phi) is 4.95. The SMILES string of the molecule is CCCNC(c1ccccc1)c1nnc(CC(F)(F)F)o1. The number of benzene rings is 1. The average Bonchev–Trinajstić information content (AvgIpc) is 2.86. The monoisotopic (exact) mass is 299 g/mol.